The van der Waals surface area contributed by atoms with Crippen molar-refractivity contribution >= 4 is 25.3 Å². The summed E-state index contributed by atoms with van der Waals surface area (Å²) in [5.74, 6) is 2.51. The first-order valence-electron chi connectivity index (χ1n) is 4.76. The topological polar surface area (TPSA) is 27.7 Å². The summed E-state index contributed by atoms with van der Waals surface area (Å²) in [6.07, 6.45) is 0. The number of methoxy groups -OCH3 is 3. The van der Waals surface area contributed by atoms with Gasteiger partial charge in [-0.2, -0.15) is 25.3 Å². The van der Waals surface area contributed by atoms with Gasteiger partial charge in [0.05, 0.1) is 21.3 Å². The Balaban J connectivity index is 3.25. The summed E-state index contributed by atoms with van der Waals surface area (Å²) in [6.45, 7) is 0. The molecule has 0 bridgehead atoms. The summed E-state index contributed by atoms with van der Waals surface area (Å²) in [5, 5.41) is 0.0389. The fourth-order valence-electron chi connectivity index (χ4n) is 1.40. The van der Waals surface area contributed by atoms with E-state index in [-0.39, 0.29) is 5.25 Å². The van der Waals surface area contributed by atoms with E-state index in [1.165, 1.54) is 0 Å². The lowest BCUT2D eigenvalue weighted by molar-refractivity contribution is 0.324. The van der Waals surface area contributed by atoms with Crippen LogP contribution in [0.25, 0.3) is 0 Å². The molecular formula is C11H16O3S2. The first kappa shape index (κ1) is 13.4. The van der Waals surface area contributed by atoms with Gasteiger partial charge in [0.1, 0.15) is 0 Å². The highest BCUT2D eigenvalue weighted by atomic mass is 32.1. The molecule has 1 aromatic rings. The fraction of sp³-hybridized carbons (Fsp3) is 0.455. The third-order valence-electron chi connectivity index (χ3n) is 2.24. The van der Waals surface area contributed by atoms with E-state index in [2.05, 4.69) is 25.3 Å². The van der Waals surface area contributed by atoms with Crippen molar-refractivity contribution in [3.63, 3.8) is 0 Å². The summed E-state index contributed by atoms with van der Waals surface area (Å²) >= 11 is 8.64. The van der Waals surface area contributed by atoms with Gasteiger partial charge in [0.25, 0.3) is 0 Å². The standard InChI is InChI=1S/C11H16O3S2/c1-12-8-4-7(10(16)6-15)5-9(13-2)11(8)14-3/h4-5,10,15-16H,6H2,1-3H3/t10-/m1/s1. The minimum atomic E-state index is 0.0389. The molecule has 0 saturated heterocycles. The van der Waals surface area contributed by atoms with Gasteiger partial charge >= 0.3 is 0 Å². The van der Waals surface area contributed by atoms with Crippen LogP contribution in [0.5, 0.6) is 17.2 Å². The third-order valence-corrected chi connectivity index (χ3v) is 3.38. The van der Waals surface area contributed by atoms with E-state index in [4.69, 9.17) is 14.2 Å². The van der Waals surface area contributed by atoms with Crippen LogP contribution in [0, 0.1) is 0 Å². The normalized spacial score (nSPS) is 12.1. The first-order valence-corrected chi connectivity index (χ1v) is 5.91. The summed E-state index contributed by atoms with van der Waals surface area (Å²) in [5.41, 5.74) is 0.993. The molecule has 1 atom stereocenters. The van der Waals surface area contributed by atoms with E-state index in [1.807, 2.05) is 12.1 Å². The zero-order valence-electron chi connectivity index (χ0n) is 9.56. The van der Waals surface area contributed by atoms with E-state index in [0.717, 1.165) is 5.56 Å². The average molecular weight is 260 g/mol. The van der Waals surface area contributed by atoms with E-state index >= 15 is 0 Å². The number of hydrogen-bond acceptors (Lipinski definition) is 5. The van der Waals surface area contributed by atoms with Crippen molar-refractivity contribution in [3.05, 3.63) is 17.7 Å². The summed E-state index contributed by atoms with van der Waals surface area (Å²) in [4.78, 5) is 0. The second kappa shape index (κ2) is 6.15. The maximum atomic E-state index is 5.25. The van der Waals surface area contributed by atoms with Crippen molar-refractivity contribution in [2.75, 3.05) is 27.1 Å². The molecule has 0 N–H and O–H groups in total. The highest BCUT2D eigenvalue weighted by molar-refractivity contribution is 7.84. The Morgan fingerprint density at radius 2 is 1.56 bits per heavy atom. The Labute approximate surface area is 107 Å². The maximum Gasteiger partial charge on any atom is 0.203 e. The van der Waals surface area contributed by atoms with Gasteiger partial charge in [-0.25, -0.2) is 0 Å². The van der Waals surface area contributed by atoms with Crippen molar-refractivity contribution < 1.29 is 14.2 Å². The van der Waals surface area contributed by atoms with Crippen LogP contribution >= 0.6 is 25.3 Å². The van der Waals surface area contributed by atoms with Gasteiger partial charge < -0.3 is 14.2 Å². The van der Waals surface area contributed by atoms with Crippen molar-refractivity contribution in [1.82, 2.24) is 0 Å². The number of benzene rings is 1. The molecule has 90 valence electrons. The largest absolute Gasteiger partial charge is 0.493 e. The highest BCUT2D eigenvalue weighted by Gasteiger charge is 2.15. The van der Waals surface area contributed by atoms with E-state index in [9.17, 15) is 0 Å². The van der Waals surface area contributed by atoms with Crippen LogP contribution in [0.1, 0.15) is 10.8 Å². The molecule has 1 aromatic carbocycles. The van der Waals surface area contributed by atoms with Crippen molar-refractivity contribution in [1.29, 1.82) is 0 Å². The van der Waals surface area contributed by atoms with Crippen LogP contribution in [0.2, 0.25) is 0 Å². The van der Waals surface area contributed by atoms with Gasteiger partial charge in [0.2, 0.25) is 5.75 Å². The van der Waals surface area contributed by atoms with Crippen LogP contribution in [0.4, 0.5) is 0 Å². The zero-order valence-corrected chi connectivity index (χ0v) is 11.3. The Morgan fingerprint density at radius 3 is 1.88 bits per heavy atom. The highest BCUT2D eigenvalue weighted by Crippen LogP contribution is 2.40. The van der Waals surface area contributed by atoms with Gasteiger partial charge in [-0.1, -0.05) is 0 Å². The molecule has 0 aliphatic heterocycles. The third kappa shape index (κ3) is 2.71. The van der Waals surface area contributed by atoms with Crippen LogP contribution in [-0.2, 0) is 0 Å². The Morgan fingerprint density at radius 1 is 1.06 bits per heavy atom. The summed E-state index contributed by atoms with van der Waals surface area (Å²) < 4.78 is 15.7. The van der Waals surface area contributed by atoms with Gasteiger partial charge in [-0.05, 0) is 17.7 Å². The predicted octanol–water partition coefficient (Wildman–Crippen LogP) is 2.61. The Bertz CT molecular complexity index is 330. The average Bonchev–Trinajstić information content (AvgIpc) is 2.35. The van der Waals surface area contributed by atoms with E-state index < -0.39 is 0 Å². The van der Waals surface area contributed by atoms with Crippen molar-refractivity contribution in [2.24, 2.45) is 0 Å². The Hall–Kier alpha value is -0.680. The summed E-state index contributed by atoms with van der Waals surface area (Å²) in [6, 6.07) is 3.77. The second-order valence-corrected chi connectivity index (χ2v) is 4.15. The summed E-state index contributed by atoms with van der Waals surface area (Å²) in [7, 11) is 4.77. The minimum absolute atomic E-state index is 0.0389. The molecule has 0 spiro atoms. The monoisotopic (exact) mass is 260 g/mol. The second-order valence-electron chi connectivity index (χ2n) is 3.16. The zero-order chi connectivity index (χ0) is 12.1. The lowest BCUT2D eigenvalue weighted by atomic mass is 10.1. The predicted molar refractivity (Wildman–Crippen MR) is 71.7 cm³/mol. The number of thiol groups is 2. The molecule has 1 rings (SSSR count). The number of ether oxygens (including phenoxy) is 3. The van der Waals surface area contributed by atoms with Gasteiger partial charge in [0, 0.05) is 11.0 Å². The molecule has 5 heteroatoms. The molecule has 0 aromatic heterocycles. The number of hydrogen-bond donors (Lipinski definition) is 2. The molecular weight excluding hydrogens is 244 g/mol. The van der Waals surface area contributed by atoms with Gasteiger partial charge in [0.15, 0.2) is 11.5 Å². The quantitative estimate of drug-likeness (QED) is 0.797. The van der Waals surface area contributed by atoms with Crippen LogP contribution in [0.15, 0.2) is 12.1 Å². The molecule has 3 nitrogen and oxygen atoms in total. The minimum Gasteiger partial charge on any atom is -0.493 e. The number of rotatable bonds is 5. The van der Waals surface area contributed by atoms with Crippen molar-refractivity contribution in [3.8, 4) is 17.2 Å². The molecule has 0 aliphatic carbocycles. The fourth-order valence-corrected chi connectivity index (χ4v) is 1.76. The van der Waals surface area contributed by atoms with Crippen LogP contribution < -0.4 is 14.2 Å². The maximum absolute atomic E-state index is 5.25. The lowest BCUT2D eigenvalue weighted by Crippen LogP contribution is -1.99. The first-order chi connectivity index (χ1) is 7.67. The molecule has 0 unspecified atom stereocenters. The molecule has 0 aliphatic rings. The molecule has 0 heterocycles. The van der Waals surface area contributed by atoms with Crippen LogP contribution in [-0.4, -0.2) is 27.1 Å². The molecule has 0 amide bonds. The molecule has 16 heavy (non-hydrogen) atoms. The SMILES string of the molecule is COc1cc([C@H](S)CS)cc(OC)c1OC. The molecule has 0 fully saturated rings. The van der Waals surface area contributed by atoms with Crippen molar-refractivity contribution in [2.45, 2.75) is 5.25 Å². The molecule has 0 saturated carbocycles. The van der Waals surface area contributed by atoms with E-state index in [1.54, 1.807) is 21.3 Å². The Kier molecular flexibility index (Phi) is 5.15. The smallest absolute Gasteiger partial charge is 0.203 e. The van der Waals surface area contributed by atoms with E-state index in [0.29, 0.717) is 23.0 Å². The lowest BCUT2D eigenvalue weighted by Gasteiger charge is -2.16. The van der Waals surface area contributed by atoms with Gasteiger partial charge in [-0.15, -0.1) is 0 Å². The molecule has 0 radical (unpaired) electrons. The van der Waals surface area contributed by atoms with Crippen LogP contribution in [0.3, 0.4) is 0 Å². The van der Waals surface area contributed by atoms with Gasteiger partial charge in [-0.3, -0.25) is 0 Å².